The van der Waals surface area contributed by atoms with Gasteiger partial charge in [0, 0.05) is 7.05 Å². The van der Waals surface area contributed by atoms with Gasteiger partial charge in [-0.3, -0.25) is 4.84 Å². The molecule has 1 rings (SSSR count). The molecule has 0 bridgehead atoms. The van der Waals surface area contributed by atoms with Crippen LogP contribution in [0.5, 0.6) is 0 Å². The Kier molecular flexibility index (Phi) is 3.71. The maximum Gasteiger partial charge on any atom is 0.568 e. The first-order valence-corrected chi connectivity index (χ1v) is 4.66. The standard InChI is InChI=1S/C7H13F4N4O/c1-3-4-16-14-5-13-6(12-2)15(10,11)7(14,8)9/h3-5H2,1-2H3,(H,12,13)/q+1. The second kappa shape index (κ2) is 4.52. The highest BCUT2D eigenvalue weighted by molar-refractivity contribution is 5.72. The molecule has 1 aliphatic rings. The number of quaternary nitrogens is 1. The van der Waals surface area contributed by atoms with Crippen molar-refractivity contribution in [2.24, 2.45) is 4.99 Å². The molecule has 0 saturated carbocycles. The van der Waals surface area contributed by atoms with Gasteiger partial charge in [0.25, 0.3) is 0 Å². The SMILES string of the molecule is CCCON1CNC(=NC)[N+](F)(F)C1(F)F. The number of hydrogen-bond acceptors (Lipinski definition) is 3. The van der Waals surface area contributed by atoms with E-state index in [1.807, 2.05) is 0 Å². The Bertz CT molecular complexity index is 284. The van der Waals surface area contributed by atoms with Crippen molar-refractivity contribution < 1.29 is 27.5 Å². The van der Waals surface area contributed by atoms with E-state index in [1.165, 1.54) is 0 Å². The van der Waals surface area contributed by atoms with Gasteiger partial charge in [0.15, 0.2) is 0 Å². The molecule has 1 N–H and O–H groups in total. The minimum absolute atomic E-state index is 0.0597. The van der Waals surface area contributed by atoms with E-state index < -0.39 is 23.7 Å². The molecule has 1 heterocycles. The van der Waals surface area contributed by atoms with Crippen molar-refractivity contribution in [1.82, 2.24) is 10.4 Å². The van der Waals surface area contributed by atoms with Gasteiger partial charge in [-0.25, -0.2) is 4.99 Å². The first kappa shape index (κ1) is 13.1. The van der Waals surface area contributed by atoms with Gasteiger partial charge < -0.3 is 5.32 Å². The zero-order valence-corrected chi connectivity index (χ0v) is 8.88. The van der Waals surface area contributed by atoms with Gasteiger partial charge in [-0.05, 0) is 11.5 Å². The second-order valence-electron chi connectivity index (χ2n) is 3.12. The molecule has 9 heteroatoms. The van der Waals surface area contributed by atoms with Gasteiger partial charge in [0.1, 0.15) is 6.67 Å². The summed E-state index contributed by atoms with van der Waals surface area (Å²) in [4.78, 5) is 3.95. The summed E-state index contributed by atoms with van der Waals surface area (Å²) in [6.07, 6.45) is -4.02. The molecule has 1 fully saturated rings. The van der Waals surface area contributed by atoms with Gasteiger partial charge in [0.05, 0.1) is 15.6 Å². The Morgan fingerprint density at radius 2 is 2.19 bits per heavy atom. The highest BCUT2D eigenvalue weighted by atomic mass is 19.4. The van der Waals surface area contributed by atoms with Gasteiger partial charge >= 0.3 is 12.1 Å². The molecule has 0 aromatic carbocycles. The monoisotopic (exact) mass is 245 g/mol. The van der Waals surface area contributed by atoms with Gasteiger partial charge in [-0.1, -0.05) is 6.92 Å². The van der Waals surface area contributed by atoms with Crippen LogP contribution < -0.4 is 5.32 Å². The lowest BCUT2D eigenvalue weighted by Gasteiger charge is -2.34. The Balaban J connectivity index is 2.88. The fourth-order valence-electron chi connectivity index (χ4n) is 1.13. The molecule has 16 heavy (non-hydrogen) atoms. The lowest BCUT2D eigenvalue weighted by Crippen LogP contribution is -2.71. The summed E-state index contributed by atoms with van der Waals surface area (Å²) < 4.78 is 53.0. The van der Waals surface area contributed by atoms with E-state index >= 15 is 0 Å². The van der Waals surface area contributed by atoms with Crippen molar-refractivity contribution in [1.29, 1.82) is 0 Å². The third kappa shape index (κ3) is 1.97. The predicted octanol–water partition coefficient (Wildman–Crippen LogP) is 1.31. The number of nitrogens with one attached hydrogen (secondary N) is 1. The van der Waals surface area contributed by atoms with Crippen LogP contribution in [0.2, 0.25) is 0 Å². The Labute approximate surface area is 89.7 Å². The lowest BCUT2D eigenvalue weighted by atomic mass is 10.5. The van der Waals surface area contributed by atoms with Crippen LogP contribution in [0, 0.1) is 0 Å². The maximum absolute atomic E-state index is 13.3. The Morgan fingerprint density at radius 3 is 2.69 bits per heavy atom. The molecule has 0 spiro atoms. The quantitative estimate of drug-likeness (QED) is 0.463. The first-order valence-electron chi connectivity index (χ1n) is 4.66. The number of hydroxylamine groups is 2. The Hall–Kier alpha value is -0.930. The minimum atomic E-state index is -4.46. The van der Waals surface area contributed by atoms with Crippen molar-refractivity contribution >= 4 is 5.96 Å². The normalized spacial score (nSPS) is 26.8. The summed E-state index contributed by atoms with van der Waals surface area (Å²) in [7, 11) is 1.01. The number of aliphatic imine (C=N–C) groups is 1. The van der Waals surface area contributed by atoms with E-state index in [-0.39, 0.29) is 11.7 Å². The number of halogens is 4. The van der Waals surface area contributed by atoms with E-state index in [1.54, 1.807) is 6.92 Å². The lowest BCUT2D eigenvalue weighted by molar-refractivity contribution is -1.18. The predicted molar refractivity (Wildman–Crippen MR) is 46.9 cm³/mol. The number of hydrogen-bond donors (Lipinski definition) is 1. The summed E-state index contributed by atoms with van der Waals surface area (Å²) in [5, 5.41) is 1.99. The molecule has 0 aromatic rings. The van der Waals surface area contributed by atoms with Crippen molar-refractivity contribution in [2.75, 3.05) is 20.3 Å². The molecule has 94 valence electrons. The second-order valence-corrected chi connectivity index (χ2v) is 3.12. The van der Waals surface area contributed by atoms with Crippen LogP contribution in [0.25, 0.3) is 0 Å². The van der Waals surface area contributed by atoms with Crippen LogP contribution in [0.3, 0.4) is 0 Å². The number of guanidine groups is 1. The summed E-state index contributed by atoms with van der Waals surface area (Å²) >= 11 is 0. The Morgan fingerprint density at radius 1 is 1.56 bits per heavy atom. The summed E-state index contributed by atoms with van der Waals surface area (Å²) in [6, 6.07) is 0. The molecule has 1 aliphatic heterocycles. The maximum atomic E-state index is 13.3. The van der Waals surface area contributed by atoms with Crippen LogP contribution in [-0.4, -0.2) is 42.4 Å². The van der Waals surface area contributed by atoms with E-state index in [0.717, 1.165) is 7.05 Å². The zero-order valence-electron chi connectivity index (χ0n) is 8.88. The largest absolute Gasteiger partial charge is 0.568 e. The van der Waals surface area contributed by atoms with E-state index in [0.29, 0.717) is 6.42 Å². The third-order valence-corrected chi connectivity index (χ3v) is 1.95. The molecule has 0 aliphatic carbocycles. The molecule has 0 amide bonds. The van der Waals surface area contributed by atoms with Crippen LogP contribution in [0.1, 0.15) is 13.3 Å². The van der Waals surface area contributed by atoms with Gasteiger partial charge in [-0.15, -0.1) is 8.78 Å². The average molecular weight is 245 g/mol. The van der Waals surface area contributed by atoms with Crippen molar-refractivity contribution in [3.05, 3.63) is 0 Å². The van der Waals surface area contributed by atoms with Crippen molar-refractivity contribution in [2.45, 2.75) is 19.5 Å². The molecule has 5 nitrogen and oxygen atoms in total. The molecular formula is C7H13F4N4O+. The van der Waals surface area contributed by atoms with Gasteiger partial charge in [0.2, 0.25) is 4.93 Å². The van der Waals surface area contributed by atoms with E-state index in [9.17, 15) is 17.7 Å². The van der Waals surface area contributed by atoms with Crippen molar-refractivity contribution in [3.63, 3.8) is 0 Å². The first-order chi connectivity index (χ1) is 7.37. The van der Waals surface area contributed by atoms with Crippen LogP contribution >= 0.6 is 0 Å². The number of nitrogens with zero attached hydrogens (tertiary/aromatic N) is 3. The summed E-state index contributed by atoms with van der Waals surface area (Å²) in [6.45, 7) is 1.07. The minimum Gasteiger partial charge on any atom is -0.303 e. The zero-order chi connectivity index (χ0) is 12.4. The summed E-state index contributed by atoms with van der Waals surface area (Å²) in [5.74, 6) is -1.10. The topological polar surface area (TPSA) is 36.9 Å². The fourth-order valence-corrected chi connectivity index (χ4v) is 1.13. The number of rotatable bonds is 3. The highest BCUT2D eigenvalue weighted by Gasteiger charge is 2.72. The molecule has 1 saturated heterocycles. The van der Waals surface area contributed by atoms with E-state index in [4.69, 9.17) is 0 Å². The molecule has 0 aromatic heterocycles. The fraction of sp³-hybridized carbons (Fsp3) is 0.857. The molecular weight excluding hydrogens is 232 g/mol. The van der Waals surface area contributed by atoms with Gasteiger partial charge in [-0.2, -0.15) is 0 Å². The number of alkyl halides is 2. The molecule has 0 atom stereocenters. The summed E-state index contributed by atoms with van der Waals surface area (Å²) in [5.41, 5.74) is 0. The van der Waals surface area contributed by atoms with Crippen LogP contribution in [0.15, 0.2) is 4.99 Å². The highest BCUT2D eigenvalue weighted by Crippen LogP contribution is 2.37. The van der Waals surface area contributed by atoms with Crippen molar-refractivity contribution in [3.8, 4) is 0 Å². The van der Waals surface area contributed by atoms with Crippen LogP contribution in [-0.2, 0) is 4.84 Å². The molecule has 0 radical (unpaired) electrons. The van der Waals surface area contributed by atoms with Crippen LogP contribution in [0.4, 0.5) is 17.7 Å². The third-order valence-electron chi connectivity index (χ3n) is 1.95. The van der Waals surface area contributed by atoms with E-state index in [2.05, 4.69) is 15.1 Å². The smallest absolute Gasteiger partial charge is 0.303 e. The average Bonchev–Trinajstić information content (AvgIpc) is 2.20. The molecule has 0 unspecified atom stereocenters.